The molecule has 0 aliphatic rings. The van der Waals surface area contributed by atoms with Gasteiger partial charge in [-0.25, -0.2) is 0 Å². The molecule has 122 valence electrons. The molecule has 1 heterocycles. The minimum atomic E-state index is 0.446. The van der Waals surface area contributed by atoms with Crippen LogP contribution < -0.4 is 0 Å². The van der Waals surface area contributed by atoms with E-state index in [4.69, 9.17) is 16.0 Å². The average molecular weight is 347 g/mol. The summed E-state index contributed by atoms with van der Waals surface area (Å²) in [5.41, 5.74) is 4.26. The molecule has 0 saturated heterocycles. The summed E-state index contributed by atoms with van der Waals surface area (Å²) in [6, 6.07) is 26.1. The van der Waals surface area contributed by atoms with Gasteiger partial charge in [0.2, 0.25) is 11.8 Å². The molecule has 0 spiro atoms. The van der Waals surface area contributed by atoms with Gasteiger partial charge in [0.25, 0.3) is 0 Å². The van der Waals surface area contributed by atoms with Crippen LogP contribution in [0.3, 0.4) is 0 Å². The minimum absolute atomic E-state index is 0.446. The Balaban J connectivity index is 1.52. The minimum Gasteiger partial charge on any atom is -0.420 e. The largest absolute Gasteiger partial charge is 0.420 e. The number of hydrogen-bond donors (Lipinski definition) is 0. The Morgan fingerprint density at radius 3 is 2.16 bits per heavy atom. The lowest BCUT2D eigenvalue weighted by Crippen LogP contribution is -1.88. The molecule has 0 radical (unpaired) electrons. The van der Waals surface area contributed by atoms with Gasteiger partial charge in [-0.1, -0.05) is 78.3 Å². The predicted octanol–water partition coefficient (Wildman–Crippen LogP) is 5.65. The summed E-state index contributed by atoms with van der Waals surface area (Å²) in [4.78, 5) is 0. The van der Waals surface area contributed by atoms with Crippen LogP contribution in [0, 0.1) is 0 Å². The van der Waals surface area contributed by atoms with Crippen molar-refractivity contribution < 1.29 is 4.42 Å². The highest BCUT2D eigenvalue weighted by Gasteiger charge is 2.11. The fourth-order valence-electron chi connectivity index (χ4n) is 2.69. The van der Waals surface area contributed by atoms with Crippen LogP contribution in [0.5, 0.6) is 0 Å². The molecule has 0 bridgehead atoms. The van der Waals surface area contributed by atoms with Gasteiger partial charge < -0.3 is 4.42 Å². The summed E-state index contributed by atoms with van der Waals surface area (Å²) in [6.07, 6.45) is 0.590. The Kier molecular flexibility index (Phi) is 4.32. The zero-order valence-electron chi connectivity index (χ0n) is 13.4. The zero-order chi connectivity index (χ0) is 17.1. The fraction of sp³-hybridized carbons (Fsp3) is 0.0476. The zero-order valence-corrected chi connectivity index (χ0v) is 14.1. The standard InChI is InChI=1S/C21H15ClN2O/c22-19-9-5-4-8-18(19)21-24-23-20(25-21)14-15-10-12-17(13-11-15)16-6-2-1-3-7-16/h1-13H,14H2. The molecular formula is C21H15ClN2O. The first-order valence-electron chi connectivity index (χ1n) is 8.01. The van der Waals surface area contributed by atoms with Crippen molar-refractivity contribution >= 4 is 11.6 Å². The number of hydrogen-bond acceptors (Lipinski definition) is 3. The third kappa shape index (κ3) is 3.47. The van der Waals surface area contributed by atoms with Gasteiger partial charge in [0.05, 0.1) is 17.0 Å². The topological polar surface area (TPSA) is 38.9 Å². The summed E-state index contributed by atoms with van der Waals surface area (Å²) in [5, 5.41) is 8.84. The second-order valence-corrected chi connectivity index (χ2v) is 6.13. The molecule has 4 heteroatoms. The molecular weight excluding hydrogens is 332 g/mol. The van der Waals surface area contributed by atoms with E-state index < -0.39 is 0 Å². The maximum Gasteiger partial charge on any atom is 0.249 e. The molecule has 0 fully saturated rings. The van der Waals surface area contributed by atoms with Crippen molar-refractivity contribution in [3.8, 4) is 22.6 Å². The Labute approximate surface area is 150 Å². The van der Waals surface area contributed by atoms with Crippen LogP contribution in [0.15, 0.2) is 83.3 Å². The van der Waals surface area contributed by atoms with Crippen LogP contribution in [0.2, 0.25) is 5.02 Å². The molecule has 4 rings (SSSR count). The van der Waals surface area contributed by atoms with Gasteiger partial charge in [0.15, 0.2) is 0 Å². The number of nitrogens with zero attached hydrogens (tertiary/aromatic N) is 2. The lowest BCUT2D eigenvalue weighted by atomic mass is 10.0. The number of benzene rings is 3. The van der Waals surface area contributed by atoms with E-state index in [0.29, 0.717) is 23.2 Å². The molecule has 0 aliphatic heterocycles. The van der Waals surface area contributed by atoms with Crippen LogP contribution in [-0.4, -0.2) is 10.2 Å². The van der Waals surface area contributed by atoms with E-state index in [0.717, 1.165) is 11.1 Å². The molecule has 4 aromatic rings. The van der Waals surface area contributed by atoms with Crippen molar-refractivity contribution in [2.24, 2.45) is 0 Å². The van der Waals surface area contributed by atoms with Crippen molar-refractivity contribution in [1.29, 1.82) is 0 Å². The van der Waals surface area contributed by atoms with Crippen LogP contribution in [0.25, 0.3) is 22.6 Å². The van der Waals surface area contributed by atoms with Gasteiger partial charge in [0.1, 0.15) is 0 Å². The van der Waals surface area contributed by atoms with Crippen LogP contribution in [-0.2, 0) is 6.42 Å². The molecule has 0 amide bonds. The summed E-state index contributed by atoms with van der Waals surface area (Å²) in [6.45, 7) is 0. The van der Waals surface area contributed by atoms with E-state index in [1.165, 1.54) is 11.1 Å². The Bertz CT molecular complexity index is 978. The molecule has 0 saturated carbocycles. The first-order valence-corrected chi connectivity index (χ1v) is 8.39. The maximum atomic E-state index is 6.18. The van der Waals surface area contributed by atoms with Gasteiger partial charge in [0, 0.05) is 0 Å². The van der Waals surface area contributed by atoms with Gasteiger partial charge in [-0.05, 0) is 28.8 Å². The summed E-state index contributed by atoms with van der Waals surface area (Å²) >= 11 is 6.18. The van der Waals surface area contributed by atoms with E-state index >= 15 is 0 Å². The molecule has 1 aromatic heterocycles. The molecule has 0 atom stereocenters. The molecule has 3 aromatic carbocycles. The first kappa shape index (κ1) is 15.6. The normalized spacial score (nSPS) is 10.8. The first-order chi connectivity index (χ1) is 12.3. The van der Waals surface area contributed by atoms with Crippen molar-refractivity contribution in [3.63, 3.8) is 0 Å². The van der Waals surface area contributed by atoms with E-state index in [9.17, 15) is 0 Å². The highest BCUT2D eigenvalue weighted by Crippen LogP contribution is 2.27. The van der Waals surface area contributed by atoms with E-state index in [2.05, 4.69) is 46.6 Å². The maximum absolute atomic E-state index is 6.18. The third-order valence-corrected chi connectivity index (χ3v) is 4.32. The lowest BCUT2D eigenvalue weighted by Gasteiger charge is -2.03. The monoisotopic (exact) mass is 346 g/mol. The van der Waals surface area contributed by atoms with Crippen molar-refractivity contribution in [3.05, 3.63) is 95.3 Å². The van der Waals surface area contributed by atoms with Gasteiger partial charge in [-0.2, -0.15) is 0 Å². The van der Waals surface area contributed by atoms with Gasteiger partial charge in [-0.15, -0.1) is 10.2 Å². The highest BCUT2D eigenvalue weighted by molar-refractivity contribution is 6.33. The summed E-state index contributed by atoms with van der Waals surface area (Å²) in [7, 11) is 0. The number of aromatic nitrogens is 2. The van der Waals surface area contributed by atoms with Crippen LogP contribution >= 0.6 is 11.6 Å². The fourth-order valence-corrected chi connectivity index (χ4v) is 2.91. The third-order valence-electron chi connectivity index (χ3n) is 3.99. The van der Waals surface area contributed by atoms with E-state index in [1.54, 1.807) is 0 Å². The van der Waals surface area contributed by atoms with Gasteiger partial charge in [-0.3, -0.25) is 0 Å². The second kappa shape index (κ2) is 6.91. The molecule has 0 unspecified atom stereocenters. The highest BCUT2D eigenvalue weighted by atomic mass is 35.5. The van der Waals surface area contributed by atoms with Crippen molar-refractivity contribution in [2.75, 3.05) is 0 Å². The Morgan fingerprint density at radius 1 is 0.720 bits per heavy atom. The summed E-state index contributed by atoms with van der Waals surface area (Å²) in [5.74, 6) is 1.02. The van der Waals surface area contributed by atoms with Crippen LogP contribution in [0.4, 0.5) is 0 Å². The van der Waals surface area contributed by atoms with Crippen LogP contribution in [0.1, 0.15) is 11.5 Å². The van der Waals surface area contributed by atoms with Crippen molar-refractivity contribution in [2.45, 2.75) is 6.42 Å². The van der Waals surface area contributed by atoms with Gasteiger partial charge >= 0.3 is 0 Å². The smallest absolute Gasteiger partial charge is 0.249 e. The molecule has 25 heavy (non-hydrogen) atoms. The average Bonchev–Trinajstić information content (AvgIpc) is 3.12. The second-order valence-electron chi connectivity index (χ2n) is 5.72. The number of halogens is 1. The van der Waals surface area contributed by atoms with E-state index in [-0.39, 0.29) is 0 Å². The summed E-state index contributed by atoms with van der Waals surface area (Å²) < 4.78 is 5.76. The molecule has 3 nitrogen and oxygen atoms in total. The quantitative estimate of drug-likeness (QED) is 0.479. The lowest BCUT2D eigenvalue weighted by molar-refractivity contribution is 0.518. The molecule has 0 N–H and O–H groups in total. The SMILES string of the molecule is Clc1ccccc1-c1nnc(Cc2ccc(-c3ccccc3)cc2)o1. The van der Waals surface area contributed by atoms with Crippen molar-refractivity contribution in [1.82, 2.24) is 10.2 Å². The molecule has 0 aliphatic carbocycles. The Hall–Kier alpha value is -2.91. The Morgan fingerprint density at radius 2 is 1.40 bits per heavy atom. The predicted molar refractivity (Wildman–Crippen MR) is 99.4 cm³/mol. The van der Waals surface area contributed by atoms with E-state index in [1.807, 2.05) is 42.5 Å². The number of rotatable bonds is 4.